The molecule has 168 valence electrons. The Bertz CT molecular complexity index is 1380. The Morgan fingerprint density at radius 1 is 1.30 bits per heavy atom. The fourth-order valence-electron chi connectivity index (χ4n) is 3.16. The van der Waals surface area contributed by atoms with Crippen molar-refractivity contribution in [2.45, 2.75) is 12.8 Å². The van der Waals surface area contributed by atoms with Gasteiger partial charge in [-0.3, -0.25) is 14.3 Å². The zero-order valence-corrected chi connectivity index (χ0v) is 17.7. The summed E-state index contributed by atoms with van der Waals surface area (Å²) in [6.45, 7) is -2.77. The Morgan fingerprint density at radius 3 is 2.76 bits per heavy atom. The summed E-state index contributed by atoms with van der Waals surface area (Å²) in [6.07, 6.45) is 3.02. The van der Waals surface area contributed by atoms with E-state index in [1.165, 1.54) is 36.3 Å². The highest BCUT2D eigenvalue weighted by molar-refractivity contribution is 6.00. The minimum Gasteiger partial charge on any atom is -0.494 e. The third-order valence-electron chi connectivity index (χ3n) is 4.90. The zero-order chi connectivity index (χ0) is 26.0. The summed E-state index contributed by atoms with van der Waals surface area (Å²) in [5, 5.41) is 29.1. The number of nitrogens with one attached hydrogen (secondary N) is 3. The van der Waals surface area contributed by atoms with Crippen molar-refractivity contribution in [2.24, 2.45) is 13.0 Å². The molecule has 0 spiro atoms. The Hall–Kier alpha value is -4.53. The number of methoxy groups -OCH3 is 1. The van der Waals surface area contributed by atoms with E-state index in [2.05, 4.69) is 37.0 Å². The van der Waals surface area contributed by atoms with Crippen LogP contribution in [0.4, 0.5) is 17.2 Å². The van der Waals surface area contributed by atoms with E-state index in [-0.39, 0.29) is 46.2 Å². The second kappa shape index (κ2) is 8.91. The molecule has 3 N–H and O–H groups in total. The molecule has 0 atom stereocenters. The van der Waals surface area contributed by atoms with Crippen LogP contribution in [0.3, 0.4) is 0 Å². The maximum atomic E-state index is 12.7. The van der Waals surface area contributed by atoms with Gasteiger partial charge in [0.15, 0.2) is 23.1 Å². The van der Waals surface area contributed by atoms with Crippen LogP contribution in [0, 0.1) is 17.2 Å². The van der Waals surface area contributed by atoms with Gasteiger partial charge in [0.1, 0.15) is 12.4 Å². The first-order valence-electron chi connectivity index (χ1n) is 11.3. The number of nitrogens with zero attached hydrogens (tertiary/aromatic N) is 6. The lowest BCUT2D eigenvalue weighted by Gasteiger charge is -2.17. The number of anilines is 3. The first-order valence-corrected chi connectivity index (χ1v) is 9.85. The van der Waals surface area contributed by atoms with Crippen molar-refractivity contribution in [1.82, 2.24) is 30.3 Å². The van der Waals surface area contributed by atoms with Crippen molar-refractivity contribution in [3.8, 4) is 23.2 Å². The van der Waals surface area contributed by atoms with Gasteiger partial charge in [0.05, 0.1) is 29.6 Å². The van der Waals surface area contributed by atoms with E-state index in [9.17, 15) is 14.9 Å². The highest BCUT2D eigenvalue weighted by Crippen LogP contribution is 2.39. The second-order valence-electron chi connectivity index (χ2n) is 7.26. The van der Waals surface area contributed by atoms with Gasteiger partial charge in [-0.25, -0.2) is 4.98 Å². The van der Waals surface area contributed by atoms with Crippen LogP contribution >= 0.6 is 0 Å². The molecule has 0 aliphatic heterocycles. The summed E-state index contributed by atoms with van der Waals surface area (Å²) in [4.78, 5) is 29.1. The summed E-state index contributed by atoms with van der Waals surface area (Å²) in [5.41, 5.74) is 0.562. The van der Waals surface area contributed by atoms with Crippen LogP contribution in [-0.2, 0) is 11.8 Å². The van der Waals surface area contributed by atoms with E-state index >= 15 is 0 Å². The normalized spacial score (nSPS) is 14.3. The molecule has 1 aromatic carbocycles. The van der Waals surface area contributed by atoms with E-state index in [0.29, 0.717) is 11.3 Å². The molecule has 0 unspecified atom stereocenters. The van der Waals surface area contributed by atoms with Crippen molar-refractivity contribution in [3.63, 3.8) is 0 Å². The molecule has 33 heavy (non-hydrogen) atoms. The Balaban J connectivity index is 1.78. The number of ether oxygens (including phenoxy) is 1. The monoisotopic (exact) mass is 450 g/mol. The average molecular weight is 450 g/mol. The molecule has 1 fully saturated rings. The van der Waals surface area contributed by atoms with Crippen molar-refractivity contribution >= 4 is 29.0 Å². The van der Waals surface area contributed by atoms with Gasteiger partial charge < -0.3 is 20.7 Å². The standard InChI is InChI=1S/C21H21N9O3/c1-23-21(32)17-14(8-15(27-28-17)26-20(31)11-4-5-11)25-13-7-6-12(9-22)16(18(13)33-3)19-24-10-30(2)29-19/h6-8,10-11H,4-5H2,1-3H3,(H,23,32)(H2,25,26,27,31)/i1D3. The van der Waals surface area contributed by atoms with Gasteiger partial charge in [-0.1, -0.05) is 0 Å². The Morgan fingerprint density at radius 2 is 2.12 bits per heavy atom. The molecule has 4 rings (SSSR count). The van der Waals surface area contributed by atoms with Crippen LogP contribution in [0.2, 0.25) is 0 Å². The number of carbonyl (C=O) groups excluding carboxylic acids is 2. The van der Waals surface area contributed by atoms with E-state index in [1.54, 1.807) is 7.05 Å². The molecule has 1 aliphatic carbocycles. The maximum Gasteiger partial charge on any atom is 0.273 e. The lowest BCUT2D eigenvalue weighted by atomic mass is 10.0. The predicted molar refractivity (Wildman–Crippen MR) is 118 cm³/mol. The first kappa shape index (κ1) is 18.1. The molecule has 2 amide bonds. The van der Waals surface area contributed by atoms with Crippen LogP contribution in [0.1, 0.15) is 33.0 Å². The second-order valence-corrected chi connectivity index (χ2v) is 7.26. The molecule has 12 nitrogen and oxygen atoms in total. The summed E-state index contributed by atoms with van der Waals surface area (Å²) in [7, 11) is 3.06. The molecule has 3 aromatic rings. The van der Waals surface area contributed by atoms with Gasteiger partial charge in [-0.2, -0.15) is 10.4 Å². The number of rotatable bonds is 7. The van der Waals surface area contributed by atoms with Crippen molar-refractivity contribution in [1.29, 1.82) is 5.26 Å². The quantitative estimate of drug-likeness (QED) is 0.486. The number of hydrogen-bond donors (Lipinski definition) is 3. The Labute approximate surface area is 193 Å². The first-order chi connectivity index (χ1) is 17.1. The fourth-order valence-corrected chi connectivity index (χ4v) is 3.16. The summed E-state index contributed by atoms with van der Waals surface area (Å²) >= 11 is 0. The number of carbonyl (C=O) groups is 2. The van der Waals surface area contributed by atoms with Gasteiger partial charge in [-0.05, 0) is 25.0 Å². The van der Waals surface area contributed by atoms with Crippen LogP contribution in [0.15, 0.2) is 24.5 Å². The highest BCUT2D eigenvalue weighted by atomic mass is 16.5. The molecular formula is C21H21N9O3. The van der Waals surface area contributed by atoms with Crippen molar-refractivity contribution in [3.05, 3.63) is 35.8 Å². The maximum absolute atomic E-state index is 12.7. The van der Waals surface area contributed by atoms with Gasteiger partial charge in [-0.15, -0.1) is 10.2 Å². The predicted octanol–water partition coefficient (Wildman–Crippen LogP) is 1.60. The summed E-state index contributed by atoms with van der Waals surface area (Å²) in [5.74, 6) is -0.838. The molecule has 1 aliphatic rings. The van der Waals surface area contributed by atoms with E-state index < -0.39 is 12.9 Å². The zero-order valence-electron chi connectivity index (χ0n) is 20.7. The fraction of sp³-hybridized carbons (Fsp3) is 0.286. The largest absolute Gasteiger partial charge is 0.494 e. The van der Waals surface area contributed by atoms with E-state index in [4.69, 9.17) is 8.85 Å². The number of aromatic nitrogens is 5. The van der Waals surface area contributed by atoms with Crippen LogP contribution in [0.5, 0.6) is 5.75 Å². The van der Waals surface area contributed by atoms with Gasteiger partial charge in [0.25, 0.3) is 5.91 Å². The third kappa shape index (κ3) is 4.42. The molecule has 0 saturated heterocycles. The molecule has 12 heteroatoms. The molecule has 1 saturated carbocycles. The van der Waals surface area contributed by atoms with Gasteiger partial charge in [0, 0.05) is 30.1 Å². The lowest BCUT2D eigenvalue weighted by molar-refractivity contribution is -0.117. The molecule has 0 radical (unpaired) electrons. The van der Waals surface area contributed by atoms with Gasteiger partial charge in [0.2, 0.25) is 5.91 Å². The number of amides is 2. The van der Waals surface area contributed by atoms with E-state index in [0.717, 1.165) is 12.8 Å². The summed E-state index contributed by atoms with van der Waals surface area (Å²) < 4.78 is 29.0. The number of nitriles is 1. The van der Waals surface area contributed by atoms with Crippen molar-refractivity contribution in [2.75, 3.05) is 24.7 Å². The highest BCUT2D eigenvalue weighted by Gasteiger charge is 2.30. The average Bonchev–Trinajstić information content (AvgIpc) is 3.58. The smallest absolute Gasteiger partial charge is 0.273 e. The topological polar surface area (TPSA) is 160 Å². The molecule has 2 aromatic heterocycles. The third-order valence-corrected chi connectivity index (χ3v) is 4.90. The SMILES string of the molecule is [2H]C([2H])([2H])NC(=O)c1nnc(NC(=O)C2CC2)cc1Nc1ccc(C#N)c(-c2ncn(C)n2)c1OC. The molecule has 0 bridgehead atoms. The molecular weight excluding hydrogens is 426 g/mol. The van der Waals surface area contributed by atoms with Crippen LogP contribution < -0.4 is 20.7 Å². The number of hydrogen-bond acceptors (Lipinski definition) is 9. The van der Waals surface area contributed by atoms with E-state index in [1.807, 2.05) is 5.32 Å². The number of aryl methyl sites for hydroxylation is 1. The van der Waals surface area contributed by atoms with Gasteiger partial charge >= 0.3 is 0 Å². The van der Waals surface area contributed by atoms with Crippen LogP contribution in [-0.4, -0.2) is 50.9 Å². The molecule has 2 heterocycles. The number of benzene rings is 1. The minimum absolute atomic E-state index is 0.0424. The van der Waals surface area contributed by atoms with Crippen LogP contribution in [0.25, 0.3) is 11.4 Å². The minimum atomic E-state index is -2.77. The summed E-state index contributed by atoms with van der Waals surface area (Å²) in [6, 6.07) is 6.49. The van der Waals surface area contributed by atoms with Crippen molar-refractivity contribution < 1.29 is 18.4 Å². The lowest BCUT2D eigenvalue weighted by Crippen LogP contribution is -2.22. The Kier molecular flexibility index (Phi) is 4.88.